The Hall–Kier alpha value is -3.34. The van der Waals surface area contributed by atoms with Crippen molar-refractivity contribution in [3.63, 3.8) is 0 Å². The van der Waals surface area contributed by atoms with E-state index in [1.165, 1.54) is 17.0 Å². The van der Waals surface area contributed by atoms with Crippen molar-refractivity contribution in [1.29, 1.82) is 5.41 Å². The normalized spacial score (nSPS) is 20.7. The number of halogens is 5. The first-order chi connectivity index (χ1) is 18.4. The number of aliphatic hydroxyl groups excluding tert-OH is 1. The SMILES string of the molecule is COc1cc(C)cc(C(=N)C2=C(C3CN3c3cc(N4CCC(F)(F)C4)ccc3C(F)(F)F)N(CCO)CC2)c1. The number of hydrogen-bond donors (Lipinski definition) is 2. The molecule has 0 bridgehead atoms. The van der Waals surface area contributed by atoms with E-state index >= 15 is 0 Å². The Morgan fingerprint density at radius 1 is 1.15 bits per heavy atom. The Bertz CT molecular complexity index is 1310. The lowest BCUT2D eigenvalue weighted by atomic mass is 9.97. The van der Waals surface area contributed by atoms with E-state index in [-0.39, 0.29) is 37.5 Å². The number of benzene rings is 2. The third kappa shape index (κ3) is 5.41. The maximum absolute atomic E-state index is 14.0. The predicted molar refractivity (Wildman–Crippen MR) is 139 cm³/mol. The van der Waals surface area contributed by atoms with Gasteiger partial charge in [-0.15, -0.1) is 0 Å². The van der Waals surface area contributed by atoms with Gasteiger partial charge in [-0.2, -0.15) is 13.2 Å². The van der Waals surface area contributed by atoms with Crippen molar-refractivity contribution >= 4 is 17.1 Å². The second-order valence-corrected chi connectivity index (χ2v) is 10.3. The summed E-state index contributed by atoms with van der Waals surface area (Å²) in [7, 11) is 1.54. The summed E-state index contributed by atoms with van der Waals surface area (Å²) >= 11 is 0. The predicted octanol–water partition coefficient (Wildman–Crippen LogP) is 5.08. The molecule has 6 nitrogen and oxygen atoms in total. The molecule has 0 spiro atoms. The largest absolute Gasteiger partial charge is 0.497 e. The topological polar surface area (TPSA) is 62.8 Å². The summed E-state index contributed by atoms with van der Waals surface area (Å²) in [5.74, 6) is -2.27. The monoisotopic (exact) mass is 550 g/mol. The number of methoxy groups -OCH3 is 1. The van der Waals surface area contributed by atoms with Gasteiger partial charge in [-0.25, -0.2) is 8.78 Å². The molecule has 2 N–H and O–H groups in total. The number of β-amino-alcohol motifs (C(OH)–C–C–N with tert-alkyl or cyclic N) is 1. The molecule has 0 amide bonds. The lowest BCUT2D eigenvalue weighted by molar-refractivity contribution is -0.137. The molecule has 3 aliphatic heterocycles. The van der Waals surface area contributed by atoms with Gasteiger partial charge in [0.1, 0.15) is 5.75 Å². The number of nitrogens with one attached hydrogen (secondary N) is 1. The summed E-state index contributed by atoms with van der Waals surface area (Å²) in [4.78, 5) is 4.96. The maximum atomic E-state index is 14.0. The van der Waals surface area contributed by atoms with Crippen LogP contribution in [0.1, 0.15) is 29.5 Å². The minimum Gasteiger partial charge on any atom is -0.497 e. The van der Waals surface area contributed by atoms with Crippen LogP contribution in [0.15, 0.2) is 47.7 Å². The van der Waals surface area contributed by atoms with Gasteiger partial charge in [-0.05, 0) is 55.3 Å². The average molecular weight is 551 g/mol. The molecular weight excluding hydrogens is 519 g/mol. The van der Waals surface area contributed by atoms with Crippen LogP contribution in [-0.2, 0) is 6.18 Å². The average Bonchev–Trinajstić information content (AvgIpc) is 3.42. The Labute approximate surface area is 223 Å². The number of ether oxygens (including phenoxy) is 1. The quantitative estimate of drug-likeness (QED) is 0.273. The standard InChI is InChI=1S/C28H31F5N4O2/c1-17-11-18(13-20(12-17)39-2)25(34)21-5-7-35(9-10-38)26(21)24-15-37(24)23-14-19(3-4-22(23)28(31,32)33)36-8-6-27(29,30)16-36/h3-4,11-14,24,34,38H,5-10,15-16H2,1-2H3. The molecular formula is C28H31F5N4O2. The van der Waals surface area contributed by atoms with E-state index in [0.29, 0.717) is 42.1 Å². The lowest BCUT2D eigenvalue weighted by Gasteiger charge is -2.24. The van der Waals surface area contributed by atoms with Gasteiger partial charge in [0.25, 0.3) is 5.92 Å². The zero-order valence-electron chi connectivity index (χ0n) is 21.8. The molecule has 39 heavy (non-hydrogen) atoms. The van der Waals surface area contributed by atoms with E-state index < -0.39 is 30.2 Å². The van der Waals surface area contributed by atoms with Crippen molar-refractivity contribution in [2.24, 2.45) is 0 Å². The molecule has 210 valence electrons. The van der Waals surface area contributed by atoms with Gasteiger partial charge < -0.3 is 24.5 Å². The number of aliphatic hydroxyl groups is 1. The summed E-state index contributed by atoms with van der Waals surface area (Å²) in [5.41, 5.74) is 2.70. The first-order valence-electron chi connectivity index (χ1n) is 12.9. The number of hydrogen-bond acceptors (Lipinski definition) is 6. The van der Waals surface area contributed by atoms with Gasteiger partial charge in [0.2, 0.25) is 0 Å². The Kier molecular flexibility index (Phi) is 6.98. The van der Waals surface area contributed by atoms with Gasteiger partial charge in [0, 0.05) is 55.1 Å². The minimum atomic E-state index is -4.63. The van der Waals surface area contributed by atoms with Gasteiger partial charge in [-0.1, -0.05) is 0 Å². The Morgan fingerprint density at radius 2 is 1.92 bits per heavy atom. The number of rotatable bonds is 8. The van der Waals surface area contributed by atoms with Crippen molar-refractivity contribution in [3.8, 4) is 5.75 Å². The third-order valence-electron chi connectivity index (χ3n) is 7.59. The molecule has 3 aliphatic rings. The van der Waals surface area contributed by atoms with Crippen molar-refractivity contribution in [3.05, 3.63) is 64.4 Å². The molecule has 3 heterocycles. The molecule has 5 rings (SSSR count). The zero-order chi connectivity index (χ0) is 28.1. The fourth-order valence-corrected chi connectivity index (χ4v) is 5.68. The summed E-state index contributed by atoms with van der Waals surface area (Å²) in [6, 6.07) is 8.62. The molecule has 1 atom stereocenters. The van der Waals surface area contributed by atoms with E-state index in [0.717, 1.165) is 17.3 Å². The van der Waals surface area contributed by atoms with Crippen LogP contribution in [0.2, 0.25) is 0 Å². The molecule has 11 heteroatoms. The Morgan fingerprint density at radius 3 is 2.56 bits per heavy atom. The van der Waals surface area contributed by atoms with Crippen LogP contribution in [0.3, 0.4) is 0 Å². The van der Waals surface area contributed by atoms with Gasteiger partial charge in [0.15, 0.2) is 0 Å². The van der Waals surface area contributed by atoms with Crippen molar-refractivity contribution in [1.82, 2.24) is 4.90 Å². The van der Waals surface area contributed by atoms with E-state index in [9.17, 15) is 27.1 Å². The summed E-state index contributed by atoms with van der Waals surface area (Å²) in [6.07, 6.45) is -4.45. The van der Waals surface area contributed by atoms with Crippen molar-refractivity contribution in [2.45, 2.75) is 37.9 Å². The van der Waals surface area contributed by atoms with Gasteiger partial charge >= 0.3 is 6.18 Å². The van der Waals surface area contributed by atoms with E-state index in [2.05, 4.69) is 0 Å². The van der Waals surface area contributed by atoms with Crippen molar-refractivity contribution < 1.29 is 31.8 Å². The molecule has 2 saturated heterocycles. The number of alkyl halides is 5. The van der Waals surface area contributed by atoms with Crippen LogP contribution >= 0.6 is 0 Å². The van der Waals surface area contributed by atoms with E-state index in [1.807, 2.05) is 24.0 Å². The maximum Gasteiger partial charge on any atom is 0.418 e. The van der Waals surface area contributed by atoms with Crippen LogP contribution in [-0.4, -0.2) is 74.1 Å². The molecule has 2 aromatic rings. The smallest absolute Gasteiger partial charge is 0.418 e. The van der Waals surface area contributed by atoms with Crippen LogP contribution in [0.5, 0.6) is 5.75 Å². The second-order valence-electron chi connectivity index (χ2n) is 10.3. The molecule has 0 aromatic heterocycles. The highest BCUT2D eigenvalue weighted by Gasteiger charge is 2.48. The van der Waals surface area contributed by atoms with Crippen LogP contribution < -0.4 is 14.5 Å². The molecule has 2 aromatic carbocycles. The fraction of sp³-hybridized carbons (Fsp3) is 0.464. The Balaban J connectivity index is 1.52. The number of aryl methyl sites for hydroxylation is 1. The molecule has 0 saturated carbocycles. The van der Waals surface area contributed by atoms with Gasteiger partial charge in [-0.3, -0.25) is 5.41 Å². The molecule has 1 unspecified atom stereocenters. The second kappa shape index (κ2) is 10.0. The first kappa shape index (κ1) is 27.2. The van der Waals surface area contributed by atoms with E-state index in [4.69, 9.17) is 10.1 Å². The lowest BCUT2D eigenvalue weighted by Crippen LogP contribution is -2.28. The van der Waals surface area contributed by atoms with Crippen LogP contribution in [0.25, 0.3) is 0 Å². The summed E-state index contributed by atoms with van der Waals surface area (Å²) < 4.78 is 75.2. The molecule has 0 aliphatic carbocycles. The van der Waals surface area contributed by atoms with Crippen molar-refractivity contribution in [2.75, 3.05) is 56.2 Å². The zero-order valence-corrected chi connectivity index (χ0v) is 21.8. The number of nitrogens with zero attached hydrogens (tertiary/aromatic N) is 3. The molecule has 2 fully saturated rings. The van der Waals surface area contributed by atoms with Crippen LogP contribution in [0.4, 0.5) is 33.3 Å². The first-order valence-corrected chi connectivity index (χ1v) is 12.9. The van der Waals surface area contributed by atoms with Crippen LogP contribution in [0, 0.1) is 12.3 Å². The highest BCUT2D eigenvalue weighted by Crippen LogP contribution is 2.46. The number of anilines is 2. The van der Waals surface area contributed by atoms with E-state index in [1.54, 1.807) is 18.1 Å². The summed E-state index contributed by atoms with van der Waals surface area (Å²) in [6.45, 7) is 2.41. The third-order valence-corrected chi connectivity index (χ3v) is 7.59. The molecule has 0 radical (unpaired) electrons. The minimum absolute atomic E-state index is 0.0633. The fourth-order valence-electron chi connectivity index (χ4n) is 5.68. The highest BCUT2D eigenvalue weighted by atomic mass is 19.4. The summed E-state index contributed by atoms with van der Waals surface area (Å²) in [5, 5.41) is 18.7. The highest BCUT2D eigenvalue weighted by molar-refractivity contribution is 6.11. The van der Waals surface area contributed by atoms with Gasteiger partial charge in [0.05, 0.1) is 43.3 Å².